The molecule has 0 aliphatic heterocycles. The van der Waals surface area contributed by atoms with Crippen molar-refractivity contribution in [3.8, 4) is 0 Å². The van der Waals surface area contributed by atoms with E-state index in [1.165, 1.54) is 29.8 Å². The van der Waals surface area contributed by atoms with Gasteiger partial charge in [0.25, 0.3) is 0 Å². The first-order valence-electron chi connectivity index (χ1n) is 7.81. The third-order valence-electron chi connectivity index (χ3n) is 3.69. The molecule has 2 aromatic heterocycles. The highest BCUT2D eigenvalue weighted by atomic mass is 16.6. The zero-order chi connectivity index (χ0) is 18.5. The van der Waals surface area contributed by atoms with E-state index < -0.39 is 4.92 Å². The van der Waals surface area contributed by atoms with Gasteiger partial charge in [0.1, 0.15) is 10.7 Å². The molecule has 0 spiro atoms. The fraction of sp³-hybridized carbons (Fsp3) is 0.111. The standard InChI is InChI=1S/C18H16N4O4/c1-13-4-2-3-5-14(13)11-21-12-15(10-19-21)20-17(23)8-6-16-7-9-18(26-16)22(24)25/h2-10,12H,11H2,1H3,(H,20,23)/b8-6+. The molecule has 3 rings (SSSR count). The van der Waals surface area contributed by atoms with Crippen LogP contribution in [-0.2, 0) is 11.3 Å². The predicted octanol–water partition coefficient (Wildman–Crippen LogP) is 3.39. The average molecular weight is 352 g/mol. The van der Waals surface area contributed by atoms with Crippen molar-refractivity contribution in [2.75, 3.05) is 5.32 Å². The number of aryl methyl sites for hydroxylation is 1. The van der Waals surface area contributed by atoms with Crippen molar-refractivity contribution in [3.63, 3.8) is 0 Å². The van der Waals surface area contributed by atoms with Gasteiger partial charge in [-0.3, -0.25) is 19.6 Å². The van der Waals surface area contributed by atoms with Gasteiger partial charge < -0.3 is 9.73 Å². The molecule has 0 saturated carbocycles. The lowest BCUT2D eigenvalue weighted by atomic mass is 10.1. The van der Waals surface area contributed by atoms with E-state index >= 15 is 0 Å². The molecule has 0 saturated heterocycles. The zero-order valence-electron chi connectivity index (χ0n) is 14.0. The van der Waals surface area contributed by atoms with Crippen molar-refractivity contribution in [1.29, 1.82) is 0 Å². The molecular weight excluding hydrogens is 336 g/mol. The Morgan fingerprint density at radius 2 is 2.15 bits per heavy atom. The van der Waals surface area contributed by atoms with Crippen molar-refractivity contribution in [2.45, 2.75) is 13.5 Å². The summed E-state index contributed by atoms with van der Waals surface area (Å²) in [6, 6.07) is 10.7. The summed E-state index contributed by atoms with van der Waals surface area (Å²) in [6.45, 7) is 2.64. The average Bonchev–Trinajstić information content (AvgIpc) is 3.25. The molecule has 0 aliphatic rings. The third-order valence-corrected chi connectivity index (χ3v) is 3.69. The summed E-state index contributed by atoms with van der Waals surface area (Å²) < 4.78 is 6.68. The van der Waals surface area contributed by atoms with Crippen LogP contribution >= 0.6 is 0 Å². The topological polar surface area (TPSA) is 103 Å². The number of rotatable bonds is 6. The van der Waals surface area contributed by atoms with Gasteiger partial charge in [-0.25, -0.2) is 0 Å². The maximum Gasteiger partial charge on any atom is 0.433 e. The second-order valence-corrected chi connectivity index (χ2v) is 5.61. The molecule has 1 N–H and O–H groups in total. The first kappa shape index (κ1) is 17.2. The van der Waals surface area contributed by atoms with Gasteiger partial charge >= 0.3 is 5.88 Å². The van der Waals surface area contributed by atoms with Crippen molar-refractivity contribution < 1.29 is 14.1 Å². The first-order valence-corrected chi connectivity index (χ1v) is 7.81. The number of hydrogen-bond donors (Lipinski definition) is 1. The Morgan fingerprint density at radius 1 is 1.35 bits per heavy atom. The number of hydrogen-bond acceptors (Lipinski definition) is 5. The Balaban J connectivity index is 1.59. The number of benzene rings is 1. The number of aromatic nitrogens is 2. The molecule has 1 amide bonds. The largest absolute Gasteiger partial charge is 0.433 e. The lowest BCUT2D eigenvalue weighted by Crippen LogP contribution is -2.07. The molecule has 8 heteroatoms. The fourth-order valence-corrected chi connectivity index (χ4v) is 2.35. The Labute approximate surface area is 148 Å². The lowest BCUT2D eigenvalue weighted by Gasteiger charge is -2.05. The number of anilines is 1. The van der Waals surface area contributed by atoms with Gasteiger partial charge in [0.05, 0.1) is 24.5 Å². The second kappa shape index (κ2) is 7.47. The van der Waals surface area contributed by atoms with Crippen LogP contribution in [0.1, 0.15) is 16.9 Å². The Hall–Kier alpha value is -3.68. The maximum absolute atomic E-state index is 11.9. The normalized spacial score (nSPS) is 11.0. The SMILES string of the molecule is Cc1ccccc1Cn1cc(NC(=O)/C=C/c2ccc([N+](=O)[O-])o2)cn1. The number of nitro groups is 1. The van der Waals surface area contributed by atoms with E-state index in [1.54, 1.807) is 17.1 Å². The highest BCUT2D eigenvalue weighted by Gasteiger charge is 2.10. The smallest absolute Gasteiger partial charge is 0.401 e. The minimum absolute atomic E-state index is 0.224. The summed E-state index contributed by atoms with van der Waals surface area (Å²) in [5, 5.41) is 17.5. The molecular formula is C18H16N4O4. The summed E-state index contributed by atoms with van der Waals surface area (Å²) in [6.07, 6.45) is 5.89. The van der Waals surface area contributed by atoms with E-state index in [0.717, 1.165) is 5.56 Å². The molecule has 1 aromatic carbocycles. The molecule has 2 heterocycles. The Morgan fingerprint density at radius 3 is 2.88 bits per heavy atom. The molecule has 0 atom stereocenters. The molecule has 0 fully saturated rings. The molecule has 8 nitrogen and oxygen atoms in total. The molecule has 0 radical (unpaired) electrons. The number of amides is 1. The van der Waals surface area contributed by atoms with E-state index in [0.29, 0.717) is 12.2 Å². The van der Waals surface area contributed by atoms with E-state index in [2.05, 4.69) is 10.4 Å². The van der Waals surface area contributed by atoms with Crippen LogP contribution in [0.3, 0.4) is 0 Å². The number of furan rings is 1. The van der Waals surface area contributed by atoms with Crippen molar-refractivity contribution in [1.82, 2.24) is 9.78 Å². The third kappa shape index (κ3) is 4.23. The number of carbonyl (C=O) groups is 1. The molecule has 3 aromatic rings. The van der Waals surface area contributed by atoms with Crippen LogP contribution in [0.25, 0.3) is 6.08 Å². The summed E-state index contributed by atoms with van der Waals surface area (Å²) in [5.74, 6) is -0.538. The molecule has 0 unspecified atom stereocenters. The van der Waals surface area contributed by atoms with Gasteiger partial charge in [0.2, 0.25) is 5.91 Å². The number of nitrogens with zero attached hydrogens (tertiary/aromatic N) is 3. The highest BCUT2D eigenvalue weighted by Crippen LogP contribution is 2.17. The zero-order valence-corrected chi connectivity index (χ0v) is 14.0. The highest BCUT2D eigenvalue weighted by molar-refractivity contribution is 6.01. The molecule has 132 valence electrons. The summed E-state index contributed by atoms with van der Waals surface area (Å²) >= 11 is 0. The number of carbonyl (C=O) groups excluding carboxylic acids is 1. The minimum Gasteiger partial charge on any atom is -0.401 e. The van der Waals surface area contributed by atoms with Crippen molar-refractivity contribution in [3.05, 3.63) is 81.9 Å². The Bertz CT molecular complexity index is 971. The van der Waals surface area contributed by atoms with Crippen LogP contribution in [0.15, 0.2) is 59.3 Å². The fourth-order valence-electron chi connectivity index (χ4n) is 2.35. The summed E-state index contributed by atoms with van der Waals surface area (Å²) in [5.41, 5.74) is 2.87. The maximum atomic E-state index is 11.9. The van der Waals surface area contributed by atoms with Gasteiger partial charge in [-0.05, 0) is 30.2 Å². The van der Waals surface area contributed by atoms with Crippen LogP contribution in [0.5, 0.6) is 0 Å². The molecule has 26 heavy (non-hydrogen) atoms. The van der Waals surface area contributed by atoms with Crippen molar-refractivity contribution >= 4 is 23.6 Å². The quantitative estimate of drug-likeness (QED) is 0.416. The summed E-state index contributed by atoms with van der Waals surface area (Å²) in [4.78, 5) is 21.8. The van der Waals surface area contributed by atoms with Crippen LogP contribution in [0, 0.1) is 17.0 Å². The summed E-state index contributed by atoms with van der Waals surface area (Å²) in [7, 11) is 0. The van der Waals surface area contributed by atoms with E-state index in [4.69, 9.17) is 4.42 Å². The van der Waals surface area contributed by atoms with Gasteiger partial charge in [-0.1, -0.05) is 24.3 Å². The second-order valence-electron chi connectivity index (χ2n) is 5.61. The molecule has 0 aliphatic carbocycles. The van der Waals surface area contributed by atoms with E-state index in [9.17, 15) is 14.9 Å². The van der Waals surface area contributed by atoms with E-state index in [-0.39, 0.29) is 17.6 Å². The molecule has 0 bridgehead atoms. The predicted molar refractivity (Wildman–Crippen MR) is 95.5 cm³/mol. The first-order chi connectivity index (χ1) is 12.5. The van der Waals surface area contributed by atoms with Gasteiger partial charge in [0, 0.05) is 12.3 Å². The van der Waals surface area contributed by atoms with Gasteiger partial charge in [-0.15, -0.1) is 0 Å². The van der Waals surface area contributed by atoms with Crippen LogP contribution in [0.2, 0.25) is 0 Å². The minimum atomic E-state index is -0.639. The lowest BCUT2D eigenvalue weighted by molar-refractivity contribution is -0.402. The van der Waals surface area contributed by atoms with Crippen LogP contribution in [0.4, 0.5) is 11.6 Å². The number of nitrogens with one attached hydrogen (secondary N) is 1. The van der Waals surface area contributed by atoms with Gasteiger partial charge in [-0.2, -0.15) is 5.10 Å². The van der Waals surface area contributed by atoms with E-state index in [1.807, 2.05) is 31.2 Å². The van der Waals surface area contributed by atoms with Crippen LogP contribution < -0.4 is 5.32 Å². The van der Waals surface area contributed by atoms with Crippen LogP contribution in [-0.4, -0.2) is 20.6 Å². The van der Waals surface area contributed by atoms with Gasteiger partial charge in [0.15, 0.2) is 0 Å². The Kier molecular flexibility index (Phi) is 4.93. The monoisotopic (exact) mass is 352 g/mol. The van der Waals surface area contributed by atoms with Crippen molar-refractivity contribution in [2.24, 2.45) is 0 Å².